The van der Waals surface area contributed by atoms with Crippen molar-refractivity contribution in [3.63, 3.8) is 0 Å². The molecule has 0 amide bonds. The van der Waals surface area contributed by atoms with Crippen molar-refractivity contribution >= 4 is 60.8 Å². The van der Waals surface area contributed by atoms with Crippen LogP contribution in [-0.4, -0.2) is 19.9 Å². The van der Waals surface area contributed by atoms with E-state index < -0.39 is 0 Å². The SMILES string of the molecule is Brc1ccc2sc([Se]c3ccccc3)nc2c1. The van der Waals surface area contributed by atoms with Gasteiger partial charge in [0.15, 0.2) is 0 Å². The molecule has 0 aliphatic carbocycles. The van der Waals surface area contributed by atoms with E-state index in [9.17, 15) is 0 Å². The standard InChI is InChI=1S/C13H8BrNSSe/c14-9-6-7-12-11(8-9)15-13(16-12)17-10-4-2-1-3-5-10/h1-8H. The summed E-state index contributed by atoms with van der Waals surface area (Å²) in [6.45, 7) is 0. The molecule has 0 N–H and O–H groups in total. The van der Waals surface area contributed by atoms with Crippen LogP contribution >= 0.6 is 27.3 Å². The van der Waals surface area contributed by atoms with Gasteiger partial charge in [0.25, 0.3) is 0 Å². The van der Waals surface area contributed by atoms with Crippen molar-refractivity contribution in [1.82, 2.24) is 4.98 Å². The molecule has 0 aliphatic rings. The third-order valence-electron chi connectivity index (χ3n) is 2.28. The summed E-state index contributed by atoms with van der Waals surface area (Å²) < 4.78 is 4.96. The van der Waals surface area contributed by atoms with Crippen molar-refractivity contribution in [2.24, 2.45) is 0 Å². The topological polar surface area (TPSA) is 12.9 Å². The third kappa shape index (κ3) is 2.61. The van der Waals surface area contributed by atoms with Gasteiger partial charge in [0.1, 0.15) is 0 Å². The van der Waals surface area contributed by atoms with Crippen LogP contribution in [0.5, 0.6) is 0 Å². The fraction of sp³-hybridized carbons (Fsp3) is 0. The zero-order chi connectivity index (χ0) is 11.7. The summed E-state index contributed by atoms with van der Waals surface area (Å²) in [5.41, 5.74) is 1.09. The number of nitrogens with zero attached hydrogens (tertiary/aromatic N) is 1. The van der Waals surface area contributed by atoms with E-state index in [1.807, 2.05) is 0 Å². The average molecular weight is 369 g/mol. The van der Waals surface area contributed by atoms with E-state index in [2.05, 4.69) is 69.4 Å². The number of hydrogen-bond donors (Lipinski definition) is 0. The molecular weight excluding hydrogens is 361 g/mol. The number of aromatic nitrogens is 1. The summed E-state index contributed by atoms with van der Waals surface area (Å²) >= 11 is 5.59. The minimum atomic E-state index is 0.317. The second kappa shape index (κ2) is 4.91. The van der Waals surface area contributed by atoms with E-state index >= 15 is 0 Å². The summed E-state index contributed by atoms with van der Waals surface area (Å²) in [6.07, 6.45) is 0. The Bertz CT molecular complexity index is 651. The van der Waals surface area contributed by atoms with Crippen LogP contribution in [0.25, 0.3) is 10.2 Å². The van der Waals surface area contributed by atoms with Gasteiger partial charge in [-0.25, -0.2) is 0 Å². The molecule has 4 heteroatoms. The quantitative estimate of drug-likeness (QED) is 0.634. The molecule has 0 saturated carbocycles. The molecule has 0 atom stereocenters. The molecule has 1 heterocycles. The molecule has 17 heavy (non-hydrogen) atoms. The Morgan fingerprint density at radius 1 is 1.06 bits per heavy atom. The first-order valence-corrected chi connectivity index (χ1v) is 8.42. The van der Waals surface area contributed by atoms with Gasteiger partial charge < -0.3 is 0 Å². The maximum atomic E-state index is 4.69. The molecule has 3 rings (SSSR count). The normalized spacial score (nSPS) is 10.9. The van der Waals surface area contributed by atoms with E-state index in [0.717, 1.165) is 9.99 Å². The van der Waals surface area contributed by atoms with Crippen LogP contribution in [0.1, 0.15) is 0 Å². The Hall–Kier alpha value is -0.671. The zero-order valence-electron chi connectivity index (χ0n) is 8.76. The average Bonchev–Trinajstić information content (AvgIpc) is 2.71. The van der Waals surface area contributed by atoms with Gasteiger partial charge in [0.2, 0.25) is 0 Å². The third-order valence-corrected chi connectivity index (χ3v) is 6.18. The van der Waals surface area contributed by atoms with Gasteiger partial charge in [-0.05, 0) is 0 Å². The number of fused-ring (bicyclic) bond motifs is 1. The van der Waals surface area contributed by atoms with Crippen LogP contribution in [0.2, 0.25) is 0 Å². The fourth-order valence-corrected chi connectivity index (χ4v) is 5.25. The van der Waals surface area contributed by atoms with Crippen molar-refractivity contribution in [2.75, 3.05) is 0 Å². The second-order valence-electron chi connectivity index (χ2n) is 3.51. The van der Waals surface area contributed by atoms with Crippen molar-refractivity contribution < 1.29 is 0 Å². The number of thiazole rings is 1. The van der Waals surface area contributed by atoms with Gasteiger partial charge in [0.05, 0.1) is 0 Å². The van der Waals surface area contributed by atoms with Crippen molar-refractivity contribution in [3.05, 3.63) is 53.0 Å². The number of halogens is 1. The Balaban J connectivity index is 1.96. The number of rotatable bonds is 2. The molecule has 3 aromatic rings. The van der Waals surface area contributed by atoms with Crippen molar-refractivity contribution in [2.45, 2.75) is 0 Å². The Kier molecular flexibility index (Phi) is 3.30. The molecule has 1 aromatic heterocycles. The van der Waals surface area contributed by atoms with E-state index in [1.54, 1.807) is 11.3 Å². The summed E-state index contributed by atoms with van der Waals surface area (Å²) in [7, 11) is 0. The minimum absolute atomic E-state index is 0.317. The molecular formula is C13H8BrNSSe. The van der Waals surface area contributed by atoms with E-state index in [1.165, 1.54) is 13.1 Å². The predicted molar refractivity (Wildman–Crippen MR) is 78.8 cm³/mol. The Morgan fingerprint density at radius 3 is 2.71 bits per heavy atom. The van der Waals surface area contributed by atoms with Crippen LogP contribution in [0.3, 0.4) is 0 Å². The summed E-state index contributed by atoms with van der Waals surface area (Å²) in [5, 5.41) is 0. The molecule has 0 spiro atoms. The monoisotopic (exact) mass is 369 g/mol. The van der Waals surface area contributed by atoms with Gasteiger partial charge in [-0.15, -0.1) is 0 Å². The van der Waals surface area contributed by atoms with E-state index in [-0.39, 0.29) is 0 Å². The zero-order valence-corrected chi connectivity index (χ0v) is 12.9. The van der Waals surface area contributed by atoms with Crippen LogP contribution in [0.15, 0.2) is 53.0 Å². The Labute approximate surface area is 118 Å². The van der Waals surface area contributed by atoms with Crippen molar-refractivity contribution in [1.29, 1.82) is 0 Å². The maximum absolute atomic E-state index is 4.69. The molecule has 84 valence electrons. The van der Waals surface area contributed by atoms with Gasteiger partial charge in [0, 0.05) is 0 Å². The van der Waals surface area contributed by atoms with Gasteiger partial charge in [-0.3, -0.25) is 0 Å². The van der Waals surface area contributed by atoms with Gasteiger partial charge in [-0.1, -0.05) is 0 Å². The summed E-state index contributed by atoms with van der Waals surface area (Å²) in [4.78, 5) is 4.69. The first-order valence-electron chi connectivity index (χ1n) is 5.10. The molecule has 0 fully saturated rings. The van der Waals surface area contributed by atoms with Crippen LogP contribution in [-0.2, 0) is 0 Å². The van der Waals surface area contributed by atoms with E-state index in [4.69, 9.17) is 0 Å². The van der Waals surface area contributed by atoms with Crippen LogP contribution in [0, 0.1) is 0 Å². The molecule has 0 saturated heterocycles. The molecule has 0 unspecified atom stereocenters. The van der Waals surface area contributed by atoms with Crippen molar-refractivity contribution in [3.8, 4) is 0 Å². The Morgan fingerprint density at radius 2 is 1.88 bits per heavy atom. The molecule has 0 radical (unpaired) electrons. The molecule has 2 aromatic carbocycles. The van der Waals surface area contributed by atoms with Gasteiger partial charge >= 0.3 is 119 Å². The molecule has 1 nitrogen and oxygen atoms in total. The predicted octanol–water partition coefficient (Wildman–Crippen LogP) is 2.71. The summed E-state index contributed by atoms with van der Waals surface area (Å²) in [6, 6.07) is 16.8. The molecule has 0 bridgehead atoms. The number of hydrogen-bond acceptors (Lipinski definition) is 2. The van der Waals surface area contributed by atoms with Gasteiger partial charge in [-0.2, -0.15) is 0 Å². The van der Waals surface area contributed by atoms with Crippen LogP contribution in [0.4, 0.5) is 0 Å². The van der Waals surface area contributed by atoms with E-state index in [0.29, 0.717) is 15.0 Å². The van der Waals surface area contributed by atoms with Crippen LogP contribution < -0.4 is 8.37 Å². The fourth-order valence-electron chi connectivity index (χ4n) is 1.51. The number of benzene rings is 2. The molecule has 0 aliphatic heterocycles. The second-order valence-corrected chi connectivity index (χ2v) is 8.27. The first-order chi connectivity index (χ1) is 8.31. The summed E-state index contributed by atoms with van der Waals surface area (Å²) in [5.74, 6) is 0. The first kappa shape index (κ1) is 11.4.